The third-order valence-corrected chi connectivity index (χ3v) is 4.66. The van der Waals surface area contributed by atoms with E-state index >= 15 is 0 Å². The van der Waals surface area contributed by atoms with Gasteiger partial charge in [0.25, 0.3) is 0 Å². The Balaban J connectivity index is 1.90. The number of H-pyrrole nitrogens is 1. The molecular weight excluding hydrogens is 344 g/mol. The molecule has 0 spiro atoms. The number of carbonyl (C=O) groups is 2. The van der Waals surface area contributed by atoms with E-state index < -0.39 is 6.04 Å². The average Bonchev–Trinajstić information content (AvgIpc) is 2.59. The minimum atomic E-state index is -0.570. The van der Waals surface area contributed by atoms with E-state index in [0.29, 0.717) is 41.3 Å². The van der Waals surface area contributed by atoms with Gasteiger partial charge in [-0.1, -0.05) is 17.7 Å². The van der Waals surface area contributed by atoms with Crippen LogP contribution in [0.2, 0.25) is 5.02 Å². The van der Waals surface area contributed by atoms with Crippen LogP contribution in [0.15, 0.2) is 29.1 Å². The van der Waals surface area contributed by atoms with E-state index in [1.54, 1.807) is 18.2 Å². The lowest BCUT2D eigenvalue weighted by molar-refractivity contribution is -0.134. The Morgan fingerprint density at radius 1 is 1.40 bits per heavy atom. The van der Waals surface area contributed by atoms with E-state index in [1.165, 1.54) is 13.1 Å². The van der Waals surface area contributed by atoms with E-state index in [9.17, 15) is 14.4 Å². The molecule has 1 aliphatic heterocycles. The zero-order chi connectivity index (χ0) is 18.0. The highest BCUT2D eigenvalue weighted by Crippen LogP contribution is 2.20. The fourth-order valence-electron chi connectivity index (χ4n) is 3.04. The van der Waals surface area contributed by atoms with Gasteiger partial charge in [-0.25, -0.2) is 0 Å². The number of pyridine rings is 1. The molecule has 1 aliphatic rings. The molecule has 1 fully saturated rings. The molecule has 0 aliphatic carbocycles. The second-order valence-electron chi connectivity index (χ2n) is 5.98. The standard InChI is InChI=1S/C17H19ClN4O3/c1-19-15(24)8-13-17(25)20-5-6-22(13)9-10-7-14(23)11-3-2-4-12(18)16(11)21-10/h2-4,7,13H,5-6,8-9H2,1H3,(H,19,24)(H,20,25)(H,21,23). The quantitative estimate of drug-likeness (QED) is 0.743. The molecule has 8 heteroatoms. The molecule has 1 unspecified atom stereocenters. The molecule has 25 heavy (non-hydrogen) atoms. The van der Waals surface area contributed by atoms with Crippen LogP contribution in [0.25, 0.3) is 10.9 Å². The third kappa shape index (κ3) is 3.67. The number of nitrogens with one attached hydrogen (secondary N) is 3. The SMILES string of the molecule is CNC(=O)CC1C(=O)NCCN1Cc1cc(=O)c2cccc(Cl)c2[nH]1. The molecule has 1 aromatic carbocycles. The molecule has 2 amide bonds. The van der Waals surface area contributed by atoms with Crippen molar-refractivity contribution in [2.24, 2.45) is 0 Å². The average molecular weight is 363 g/mol. The van der Waals surface area contributed by atoms with Gasteiger partial charge in [0.15, 0.2) is 5.43 Å². The fraction of sp³-hybridized carbons (Fsp3) is 0.353. The maximum Gasteiger partial charge on any atom is 0.237 e. The summed E-state index contributed by atoms with van der Waals surface area (Å²) in [6.07, 6.45) is 0.0703. The van der Waals surface area contributed by atoms with Crippen molar-refractivity contribution in [3.63, 3.8) is 0 Å². The van der Waals surface area contributed by atoms with Gasteiger partial charge in [-0.3, -0.25) is 19.3 Å². The number of rotatable bonds is 4. The number of hydrogen-bond acceptors (Lipinski definition) is 4. The summed E-state index contributed by atoms with van der Waals surface area (Å²) in [5, 5.41) is 6.30. The van der Waals surface area contributed by atoms with Gasteiger partial charge < -0.3 is 15.6 Å². The van der Waals surface area contributed by atoms with Crippen LogP contribution in [0.3, 0.4) is 0 Å². The number of aromatic nitrogens is 1. The largest absolute Gasteiger partial charge is 0.359 e. The number of hydrogen-bond donors (Lipinski definition) is 3. The molecular formula is C17H19ClN4O3. The summed E-state index contributed by atoms with van der Waals surface area (Å²) in [7, 11) is 1.54. The maximum atomic E-state index is 12.3. The molecule has 1 aromatic heterocycles. The van der Waals surface area contributed by atoms with E-state index in [2.05, 4.69) is 15.6 Å². The summed E-state index contributed by atoms with van der Waals surface area (Å²) >= 11 is 6.18. The van der Waals surface area contributed by atoms with Gasteiger partial charge in [0.2, 0.25) is 11.8 Å². The topological polar surface area (TPSA) is 94.3 Å². The highest BCUT2D eigenvalue weighted by Gasteiger charge is 2.31. The predicted molar refractivity (Wildman–Crippen MR) is 95.5 cm³/mol. The van der Waals surface area contributed by atoms with Gasteiger partial charge >= 0.3 is 0 Å². The smallest absolute Gasteiger partial charge is 0.237 e. The van der Waals surface area contributed by atoms with E-state index in [4.69, 9.17) is 11.6 Å². The lowest BCUT2D eigenvalue weighted by atomic mass is 10.1. The number of nitrogens with zero attached hydrogens (tertiary/aromatic N) is 1. The zero-order valence-corrected chi connectivity index (χ0v) is 14.5. The Bertz CT molecular complexity index is 880. The van der Waals surface area contributed by atoms with Crippen molar-refractivity contribution in [2.45, 2.75) is 19.0 Å². The normalized spacial score (nSPS) is 18.2. The minimum absolute atomic E-state index is 0.0703. The van der Waals surface area contributed by atoms with Crippen molar-refractivity contribution < 1.29 is 9.59 Å². The van der Waals surface area contributed by atoms with E-state index in [1.807, 2.05) is 4.90 Å². The Morgan fingerprint density at radius 3 is 2.96 bits per heavy atom. The summed E-state index contributed by atoms with van der Waals surface area (Å²) in [4.78, 5) is 41.3. The van der Waals surface area contributed by atoms with Crippen molar-refractivity contribution >= 4 is 34.3 Å². The van der Waals surface area contributed by atoms with Gasteiger partial charge in [-0.15, -0.1) is 0 Å². The summed E-state index contributed by atoms with van der Waals surface area (Å²) in [6.45, 7) is 1.45. The van der Waals surface area contributed by atoms with Crippen LogP contribution in [0.4, 0.5) is 0 Å². The monoisotopic (exact) mass is 362 g/mol. The highest BCUT2D eigenvalue weighted by molar-refractivity contribution is 6.35. The van der Waals surface area contributed by atoms with Crippen LogP contribution in [0, 0.1) is 0 Å². The van der Waals surface area contributed by atoms with Crippen molar-refractivity contribution in [3.05, 3.63) is 45.2 Å². The Hall–Kier alpha value is -2.38. The molecule has 0 bridgehead atoms. The first-order valence-corrected chi connectivity index (χ1v) is 8.40. The third-order valence-electron chi connectivity index (χ3n) is 4.34. The van der Waals surface area contributed by atoms with Crippen molar-refractivity contribution in [1.29, 1.82) is 0 Å². The number of carbonyl (C=O) groups excluding carboxylic acids is 2. The van der Waals surface area contributed by atoms with Crippen LogP contribution < -0.4 is 16.1 Å². The molecule has 3 rings (SSSR count). The summed E-state index contributed by atoms with van der Waals surface area (Å²) in [5.74, 6) is -0.391. The van der Waals surface area contributed by atoms with Gasteiger partial charge in [0.1, 0.15) is 0 Å². The van der Waals surface area contributed by atoms with E-state index in [-0.39, 0.29) is 23.7 Å². The van der Waals surface area contributed by atoms with Gasteiger partial charge in [-0.05, 0) is 12.1 Å². The second kappa shape index (κ2) is 7.25. The molecule has 0 saturated carbocycles. The minimum Gasteiger partial charge on any atom is -0.359 e. The van der Waals surface area contributed by atoms with Crippen molar-refractivity contribution in [2.75, 3.05) is 20.1 Å². The Labute approximate surface area is 149 Å². The maximum absolute atomic E-state index is 12.3. The zero-order valence-electron chi connectivity index (χ0n) is 13.8. The molecule has 132 valence electrons. The van der Waals surface area contributed by atoms with Gasteiger partial charge in [0, 0.05) is 43.8 Å². The first-order chi connectivity index (χ1) is 12.0. The van der Waals surface area contributed by atoms with Crippen LogP contribution in [-0.2, 0) is 16.1 Å². The molecule has 0 radical (unpaired) electrons. The Kier molecular flexibility index (Phi) is 5.06. The van der Waals surface area contributed by atoms with Gasteiger partial charge in [0.05, 0.1) is 23.0 Å². The number of aromatic amines is 1. The molecule has 1 atom stereocenters. The first-order valence-electron chi connectivity index (χ1n) is 8.02. The summed E-state index contributed by atoms with van der Waals surface area (Å²) in [5.41, 5.74) is 1.11. The second-order valence-corrected chi connectivity index (χ2v) is 6.38. The lowest BCUT2D eigenvalue weighted by Crippen LogP contribution is -2.56. The number of amides is 2. The lowest BCUT2D eigenvalue weighted by Gasteiger charge is -2.34. The fourth-order valence-corrected chi connectivity index (χ4v) is 3.27. The molecule has 7 nitrogen and oxygen atoms in total. The molecule has 2 heterocycles. The predicted octanol–water partition coefficient (Wildman–Crippen LogP) is 0.618. The molecule has 2 aromatic rings. The number of fused-ring (bicyclic) bond motifs is 1. The summed E-state index contributed by atoms with van der Waals surface area (Å²) in [6, 6.07) is 6.11. The van der Waals surface area contributed by atoms with Crippen LogP contribution in [0.1, 0.15) is 12.1 Å². The number of halogens is 1. The van der Waals surface area contributed by atoms with Crippen LogP contribution in [0.5, 0.6) is 0 Å². The molecule has 1 saturated heterocycles. The summed E-state index contributed by atoms with van der Waals surface area (Å²) < 4.78 is 0. The Morgan fingerprint density at radius 2 is 2.20 bits per heavy atom. The highest BCUT2D eigenvalue weighted by atomic mass is 35.5. The first kappa shape index (κ1) is 17.4. The van der Waals surface area contributed by atoms with Crippen molar-refractivity contribution in [1.82, 2.24) is 20.5 Å². The number of piperazine rings is 1. The number of para-hydroxylation sites is 1. The van der Waals surface area contributed by atoms with Crippen LogP contribution in [-0.4, -0.2) is 47.9 Å². The van der Waals surface area contributed by atoms with E-state index in [0.717, 1.165) is 0 Å². The van der Waals surface area contributed by atoms with Crippen LogP contribution >= 0.6 is 11.6 Å². The van der Waals surface area contributed by atoms with Crippen molar-refractivity contribution in [3.8, 4) is 0 Å². The van der Waals surface area contributed by atoms with Gasteiger partial charge in [-0.2, -0.15) is 0 Å². The molecule has 3 N–H and O–H groups in total. The number of benzene rings is 1.